The number of hydrogen-bond acceptors (Lipinski definition) is 4. The minimum atomic E-state index is -0.397. The topological polar surface area (TPSA) is 92.4 Å². The van der Waals surface area contributed by atoms with E-state index >= 15 is 0 Å². The second-order valence-corrected chi connectivity index (χ2v) is 8.02. The molecule has 1 saturated heterocycles. The molecule has 1 aromatic carbocycles. The molecule has 162 valence electrons. The zero-order valence-corrected chi connectivity index (χ0v) is 18.1. The predicted molar refractivity (Wildman–Crippen MR) is 119 cm³/mol. The molecule has 0 bridgehead atoms. The fourth-order valence-corrected chi connectivity index (χ4v) is 4.03. The van der Waals surface area contributed by atoms with Crippen molar-refractivity contribution in [2.24, 2.45) is 0 Å². The van der Waals surface area contributed by atoms with Gasteiger partial charge in [-0.3, -0.25) is 10.1 Å². The number of halogens is 1. The molecule has 0 saturated carbocycles. The van der Waals surface area contributed by atoms with Crippen LogP contribution in [0.1, 0.15) is 40.8 Å². The van der Waals surface area contributed by atoms with Gasteiger partial charge in [-0.1, -0.05) is 23.7 Å². The number of hydrogen-bond donors (Lipinski definition) is 2. The van der Waals surface area contributed by atoms with E-state index in [0.717, 1.165) is 24.2 Å². The summed E-state index contributed by atoms with van der Waals surface area (Å²) in [6.07, 6.45) is 3.11. The van der Waals surface area contributed by atoms with Crippen molar-refractivity contribution < 1.29 is 14.0 Å². The molecule has 0 radical (unpaired) electrons. The molecule has 1 aliphatic heterocycles. The van der Waals surface area contributed by atoms with Crippen LogP contribution >= 0.6 is 11.6 Å². The summed E-state index contributed by atoms with van der Waals surface area (Å²) in [5.41, 5.74) is 1.38. The first-order chi connectivity index (χ1) is 14.9. The van der Waals surface area contributed by atoms with Gasteiger partial charge >= 0.3 is 6.03 Å². The quantitative estimate of drug-likeness (QED) is 0.604. The molecule has 2 aromatic heterocycles. The first-order valence-corrected chi connectivity index (χ1v) is 10.5. The summed E-state index contributed by atoms with van der Waals surface area (Å²) in [4.78, 5) is 27.0. The highest BCUT2D eigenvalue weighted by Gasteiger charge is 2.28. The van der Waals surface area contributed by atoms with Crippen molar-refractivity contribution >= 4 is 35.0 Å². The van der Waals surface area contributed by atoms with Gasteiger partial charge in [0.05, 0.1) is 22.9 Å². The van der Waals surface area contributed by atoms with Crippen LogP contribution in [-0.4, -0.2) is 39.7 Å². The Morgan fingerprint density at radius 3 is 2.55 bits per heavy atom. The van der Waals surface area contributed by atoms with Gasteiger partial charge in [-0.25, -0.2) is 9.48 Å². The van der Waals surface area contributed by atoms with Crippen LogP contribution in [0.15, 0.2) is 47.0 Å². The summed E-state index contributed by atoms with van der Waals surface area (Å²) < 4.78 is 7.38. The lowest BCUT2D eigenvalue weighted by Crippen LogP contribution is -2.39. The maximum Gasteiger partial charge on any atom is 0.324 e. The molecule has 1 fully saturated rings. The van der Waals surface area contributed by atoms with E-state index in [9.17, 15) is 9.59 Å². The maximum atomic E-state index is 12.8. The number of anilines is 2. The summed E-state index contributed by atoms with van der Waals surface area (Å²) in [6.45, 7) is 4.90. The fourth-order valence-electron chi connectivity index (χ4n) is 3.85. The highest BCUT2D eigenvalue weighted by molar-refractivity contribution is 6.33. The molecule has 3 aromatic rings. The van der Waals surface area contributed by atoms with E-state index < -0.39 is 6.03 Å². The summed E-state index contributed by atoms with van der Waals surface area (Å²) >= 11 is 6.10. The van der Waals surface area contributed by atoms with Crippen molar-refractivity contribution in [3.63, 3.8) is 0 Å². The second-order valence-electron chi connectivity index (χ2n) is 7.61. The summed E-state index contributed by atoms with van der Waals surface area (Å²) in [5.74, 6) is 1.65. The molecule has 0 spiro atoms. The van der Waals surface area contributed by atoms with Crippen LogP contribution in [0.5, 0.6) is 0 Å². The molecule has 9 heteroatoms. The van der Waals surface area contributed by atoms with Gasteiger partial charge in [0, 0.05) is 24.7 Å². The number of nitrogens with one attached hydrogen (secondary N) is 2. The highest BCUT2D eigenvalue weighted by atomic mass is 35.5. The zero-order chi connectivity index (χ0) is 22.0. The highest BCUT2D eigenvalue weighted by Crippen LogP contribution is 2.27. The number of benzene rings is 1. The average Bonchev–Trinajstić information content (AvgIpc) is 3.34. The third-order valence-corrected chi connectivity index (χ3v) is 5.70. The van der Waals surface area contributed by atoms with Crippen molar-refractivity contribution in [1.82, 2.24) is 14.7 Å². The van der Waals surface area contributed by atoms with Crippen LogP contribution in [0.3, 0.4) is 0 Å². The minimum Gasteiger partial charge on any atom is -0.456 e. The second kappa shape index (κ2) is 8.85. The number of carbonyl (C=O) groups excluding carboxylic acids is 2. The summed E-state index contributed by atoms with van der Waals surface area (Å²) in [7, 11) is 0. The van der Waals surface area contributed by atoms with E-state index in [1.54, 1.807) is 41.2 Å². The van der Waals surface area contributed by atoms with Crippen LogP contribution in [-0.2, 0) is 0 Å². The predicted octanol–water partition coefficient (Wildman–Crippen LogP) is 4.87. The standard InChI is InChI=1S/C22H24ClN5O3/c1-14-13-15(2)31-20(14)21(29)27-11-8-16(9-12-27)28-19(7-10-24-28)26-22(30)25-18-6-4-3-5-17(18)23/h3-7,10,13,16H,8-9,11-12H2,1-2H3,(H2,25,26,30). The van der Waals surface area contributed by atoms with Crippen LogP contribution in [0, 0.1) is 13.8 Å². The Balaban J connectivity index is 1.37. The Bertz CT molecular complexity index is 1100. The van der Waals surface area contributed by atoms with E-state index in [1.165, 1.54) is 0 Å². The maximum absolute atomic E-state index is 12.8. The number of furan rings is 1. The van der Waals surface area contributed by atoms with Gasteiger partial charge in [-0.15, -0.1) is 0 Å². The molecule has 0 aliphatic carbocycles. The monoisotopic (exact) mass is 441 g/mol. The molecule has 1 aliphatic rings. The number of rotatable bonds is 4. The van der Waals surface area contributed by atoms with E-state index in [-0.39, 0.29) is 11.9 Å². The Labute approximate surface area is 185 Å². The van der Waals surface area contributed by atoms with E-state index in [0.29, 0.717) is 35.4 Å². The molecule has 8 nitrogen and oxygen atoms in total. The molecule has 3 heterocycles. The number of para-hydroxylation sites is 1. The van der Waals surface area contributed by atoms with Crippen molar-refractivity contribution in [1.29, 1.82) is 0 Å². The SMILES string of the molecule is Cc1cc(C)c(C(=O)N2CCC(n3nccc3NC(=O)Nc3ccccc3Cl)CC2)o1. The lowest BCUT2D eigenvalue weighted by molar-refractivity contribution is 0.0656. The van der Waals surface area contributed by atoms with Crippen molar-refractivity contribution in [2.75, 3.05) is 23.7 Å². The van der Waals surface area contributed by atoms with Gasteiger partial charge in [0.25, 0.3) is 5.91 Å². The first kappa shape index (κ1) is 21.0. The van der Waals surface area contributed by atoms with Gasteiger partial charge in [0.1, 0.15) is 11.6 Å². The van der Waals surface area contributed by atoms with E-state index in [4.69, 9.17) is 16.0 Å². The number of aryl methyl sites for hydroxylation is 2. The number of urea groups is 1. The normalized spacial score (nSPS) is 14.5. The number of nitrogens with zero attached hydrogens (tertiary/aromatic N) is 3. The Morgan fingerprint density at radius 1 is 1.13 bits per heavy atom. The third-order valence-electron chi connectivity index (χ3n) is 5.37. The lowest BCUT2D eigenvalue weighted by Gasteiger charge is -2.32. The number of aromatic nitrogens is 2. The summed E-state index contributed by atoms with van der Waals surface area (Å²) in [6, 6.07) is 10.3. The Morgan fingerprint density at radius 2 is 1.87 bits per heavy atom. The Hall–Kier alpha value is -3.26. The molecule has 0 atom stereocenters. The van der Waals surface area contributed by atoms with Crippen LogP contribution in [0.2, 0.25) is 5.02 Å². The van der Waals surface area contributed by atoms with Crippen LogP contribution in [0.4, 0.5) is 16.3 Å². The fraction of sp³-hybridized carbons (Fsp3) is 0.318. The molecule has 31 heavy (non-hydrogen) atoms. The largest absolute Gasteiger partial charge is 0.456 e. The van der Waals surface area contributed by atoms with Gasteiger partial charge in [-0.2, -0.15) is 5.10 Å². The molecule has 2 N–H and O–H groups in total. The molecular weight excluding hydrogens is 418 g/mol. The molecule has 0 unspecified atom stereocenters. The molecule has 4 rings (SSSR count). The number of likely N-dealkylation sites (tertiary alicyclic amines) is 1. The van der Waals surface area contributed by atoms with Crippen molar-refractivity contribution in [3.05, 3.63) is 64.7 Å². The average molecular weight is 442 g/mol. The lowest BCUT2D eigenvalue weighted by atomic mass is 10.0. The van der Waals surface area contributed by atoms with Crippen molar-refractivity contribution in [2.45, 2.75) is 32.7 Å². The summed E-state index contributed by atoms with van der Waals surface area (Å²) in [5, 5.41) is 10.4. The van der Waals surface area contributed by atoms with Crippen LogP contribution in [0.25, 0.3) is 0 Å². The number of carbonyl (C=O) groups is 2. The molecule has 3 amide bonds. The van der Waals surface area contributed by atoms with Gasteiger partial charge in [0.15, 0.2) is 5.76 Å². The number of piperidine rings is 1. The van der Waals surface area contributed by atoms with Gasteiger partial charge < -0.3 is 14.6 Å². The van der Waals surface area contributed by atoms with Crippen LogP contribution < -0.4 is 10.6 Å². The van der Waals surface area contributed by atoms with Crippen molar-refractivity contribution in [3.8, 4) is 0 Å². The zero-order valence-electron chi connectivity index (χ0n) is 17.4. The third kappa shape index (κ3) is 4.59. The van der Waals surface area contributed by atoms with E-state index in [1.807, 2.05) is 24.8 Å². The smallest absolute Gasteiger partial charge is 0.324 e. The van der Waals surface area contributed by atoms with E-state index in [2.05, 4.69) is 15.7 Å². The first-order valence-electron chi connectivity index (χ1n) is 10.1. The Kier molecular flexibility index (Phi) is 5.99. The minimum absolute atomic E-state index is 0.0779. The van der Waals surface area contributed by atoms with Gasteiger partial charge in [-0.05, 0) is 44.9 Å². The van der Waals surface area contributed by atoms with Gasteiger partial charge in [0.2, 0.25) is 0 Å². The molecular formula is C22H24ClN5O3. The number of amides is 3.